The number of benzene rings is 3. The zero-order valence-electron chi connectivity index (χ0n) is 16.5. The summed E-state index contributed by atoms with van der Waals surface area (Å²) < 4.78 is 12.9. The molecule has 1 heterocycles. The minimum atomic E-state index is -0.279. The molecule has 0 radical (unpaired) electrons. The predicted octanol–water partition coefficient (Wildman–Crippen LogP) is 4.65. The Bertz CT molecular complexity index is 1140. The van der Waals surface area contributed by atoms with Crippen molar-refractivity contribution in [3.05, 3.63) is 78.6 Å². The van der Waals surface area contributed by atoms with Gasteiger partial charge in [-0.15, -0.1) is 10.2 Å². The molecule has 7 heteroatoms. The van der Waals surface area contributed by atoms with Crippen LogP contribution in [0.2, 0.25) is 0 Å². The maximum absolute atomic E-state index is 11.8. The molecule has 0 atom stereocenters. The second-order valence-corrected chi connectivity index (χ2v) is 7.40. The van der Waals surface area contributed by atoms with Gasteiger partial charge in [0.05, 0.1) is 12.4 Å². The van der Waals surface area contributed by atoms with E-state index in [4.69, 9.17) is 9.47 Å². The van der Waals surface area contributed by atoms with Crippen molar-refractivity contribution < 1.29 is 14.3 Å². The third kappa shape index (κ3) is 4.63. The number of aromatic nitrogens is 3. The summed E-state index contributed by atoms with van der Waals surface area (Å²) in [6.45, 7) is 2.40. The Balaban J connectivity index is 1.56. The third-order valence-electron chi connectivity index (χ3n) is 4.43. The summed E-state index contributed by atoms with van der Waals surface area (Å²) in [4.78, 5) is 11.8. The van der Waals surface area contributed by atoms with Crippen molar-refractivity contribution >= 4 is 28.5 Å². The zero-order valence-corrected chi connectivity index (χ0v) is 17.3. The Hall–Kier alpha value is -3.32. The van der Waals surface area contributed by atoms with E-state index in [2.05, 4.69) is 22.3 Å². The van der Waals surface area contributed by atoms with E-state index >= 15 is 0 Å². The Morgan fingerprint density at radius 1 is 0.967 bits per heavy atom. The molecule has 4 aromatic rings. The van der Waals surface area contributed by atoms with Crippen LogP contribution in [0.5, 0.6) is 5.75 Å². The van der Waals surface area contributed by atoms with Crippen LogP contribution in [0.3, 0.4) is 0 Å². The molecule has 0 saturated carbocycles. The largest absolute Gasteiger partial charge is 0.486 e. The molecule has 0 aliphatic heterocycles. The molecule has 152 valence electrons. The molecule has 0 unspecified atom stereocenters. The average molecular weight is 420 g/mol. The fraction of sp³-hybridized carbons (Fsp3) is 0.174. The van der Waals surface area contributed by atoms with Gasteiger partial charge in [-0.25, -0.2) is 0 Å². The molecule has 0 aliphatic rings. The SMILES string of the molecule is CCOC(=O)CSc1nnc(COc2ccc3ccccc3c2)n1-c1ccccc1. The number of carbonyl (C=O) groups excluding carboxylic acids is 1. The van der Waals surface area contributed by atoms with Gasteiger partial charge < -0.3 is 9.47 Å². The standard InChI is InChI=1S/C23H21N3O3S/c1-2-28-22(27)16-30-23-25-24-21(26(23)19-10-4-3-5-11-19)15-29-20-13-12-17-8-6-7-9-18(17)14-20/h3-14H,2,15-16H2,1H3. The molecule has 0 spiro atoms. The second kappa shape index (κ2) is 9.45. The van der Waals surface area contributed by atoms with E-state index < -0.39 is 0 Å². The number of thioether (sulfide) groups is 1. The maximum Gasteiger partial charge on any atom is 0.316 e. The van der Waals surface area contributed by atoms with Gasteiger partial charge in [0.2, 0.25) is 0 Å². The van der Waals surface area contributed by atoms with Crippen LogP contribution < -0.4 is 4.74 Å². The van der Waals surface area contributed by atoms with Crippen molar-refractivity contribution in [1.82, 2.24) is 14.8 Å². The summed E-state index contributed by atoms with van der Waals surface area (Å²) in [5.74, 6) is 1.31. The highest BCUT2D eigenvalue weighted by Crippen LogP contribution is 2.25. The summed E-state index contributed by atoms with van der Waals surface area (Å²) in [5.41, 5.74) is 0.908. The molecule has 0 fully saturated rings. The Morgan fingerprint density at radius 3 is 2.53 bits per heavy atom. The van der Waals surface area contributed by atoms with Crippen LogP contribution in [0.1, 0.15) is 12.7 Å². The lowest BCUT2D eigenvalue weighted by Gasteiger charge is -2.11. The first-order chi connectivity index (χ1) is 14.7. The lowest BCUT2D eigenvalue weighted by molar-refractivity contribution is -0.139. The van der Waals surface area contributed by atoms with Gasteiger partial charge in [-0.1, -0.05) is 60.3 Å². The number of carbonyl (C=O) groups is 1. The summed E-state index contributed by atoms with van der Waals surface area (Å²) in [6.07, 6.45) is 0. The molecule has 3 aromatic carbocycles. The molecule has 0 amide bonds. The third-order valence-corrected chi connectivity index (χ3v) is 5.33. The van der Waals surface area contributed by atoms with Crippen LogP contribution >= 0.6 is 11.8 Å². The van der Waals surface area contributed by atoms with Gasteiger partial charge in [0.15, 0.2) is 11.0 Å². The van der Waals surface area contributed by atoms with Crippen molar-refractivity contribution in [2.24, 2.45) is 0 Å². The van der Waals surface area contributed by atoms with Crippen molar-refractivity contribution in [2.45, 2.75) is 18.7 Å². The molecule has 0 N–H and O–H groups in total. The lowest BCUT2D eigenvalue weighted by Crippen LogP contribution is -2.09. The number of esters is 1. The molecule has 0 aliphatic carbocycles. The predicted molar refractivity (Wildman–Crippen MR) is 117 cm³/mol. The van der Waals surface area contributed by atoms with E-state index in [9.17, 15) is 4.79 Å². The minimum absolute atomic E-state index is 0.171. The van der Waals surface area contributed by atoms with Crippen LogP contribution in [-0.4, -0.2) is 33.1 Å². The molecular formula is C23H21N3O3S. The average Bonchev–Trinajstić information content (AvgIpc) is 3.20. The van der Waals surface area contributed by atoms with E-state index in [0.717, 1.165) is 22.2 Å². The first kappa shape index (κ1) is 20.0. The Labute approximate surface area is 178 Å². The van der Waals surface area contributed by atoms with E-state index in [0.29, 0.717) is 17.6 Å². The molecular weight excluding hydrogens is 398 g/mol. The highest BCUT2D eigenvalue weighted by atomic mass is 32.2. The second-order valence-electron chi connectivity index (χ2n) is 6.46. The van der Waals surface area contributed by atoms with Crippen LogP contribution in [0.4, 0.5) is 0 Å². The molecule has 1 aromatic heterocycles. The topological polar surface area (TPSA) is 66.2 Å². The van der Waals surface area contributed by atoms with Gasteiger partial charge in [0, 0.05) is 5.69 Å². The van der Waals surface area contributed by atoms with Crippen molar-refractivity contribution in [2.75, 3.05) is 12.4 Å². The highest BCUT2D eigenvalue weighted by Gasteiger charge is 2.16. The molecule has 30 heavy (non-hydrogen) atoms. The van der Waals surface area contributed by atoms with E-state index in [1.54, 1.807) is 6.92 Å². The number of nitrogens with zero attached hydrogens (tertiary/aromatic N) is 3. The van der Waals surface area contributed by atoms with Gasteiger partial charge >= 0.3 is 5.97 Å². The van der Waals surface area contributed by atoms with E-state index in [-0.39, 0.29) is 18.3 Å². The molecule has 4 rings (SSSR count). The van der Waals surface area contributed by atoms with Crippen LogP contribution in [0.25, 0.3) is 16.5 Å². The van der Waals surface area contributed by atoms with Gasteiger partial charge in [0.1, 0.15) is 12.4 Å². The first-order valence-corrected chi connectivity index (χ1v) is 10.6. The molecule has 0 bridgehead atoms. The van der Waals surface area contributed by atoms with Gasteiger partial charge in [-0.3, -0.25) is 9.36 Å². The smallest absolute Gasteiger partial charge is 0.316 e. The summed E-state index contributed by atoms with van der Waals surface area (Å²) in [6, 6.07) is 23.9. The zero-order chi connectivity index (χ0) is 20.8. The maximum atomic E-state index is 11.8. The van der Waals surface area contributed by atoms with Gasteiger partial charge in [0.25, 0.3) is 0 Å². The van der Waals surface area contributed by atoms with Gasteiger partial charge in [-0.2, -0.15) is 0 Å². The van der Waals surface area contributed by atoms with Crippen LogP contribution in [0, 0.1) is 0 Å². The van der Waals surface area contributed by atoms with Crippen molar-refractivity contribution in [3.8, 4) is 11.4 Å². The van der Waals surface area contributed by atoms with Crippen LogP contribution in [0.15, 0.2) is 78.0 Å². The number of fused-ring (bicyclic) bond motifs is 1. The molecule has 6 nitrogen and oxygen atoms in total. The number of ether oxygens (including phenoxy) is 2. The van der Waals surface area contributed by atoms with Crippen molar-refractivity contribution in [3.63, 3.8) is 0 Å². The number of rotatable bonds is 8. The van der Waals surface area contributed by atoms with Crippen LogP contribution in [-0.2, 0) is 16.1 Å². The lowest BCUT2D eigenvalue weighted by atomic mass is 10.1. The van der Waals surface area contributed by atoms with E-state index in [1.165, 1.54) is 11.8 Å². The summed E-state index contributed by atoms with van der Waals surface area (Å²) >= 11 is 1.29. The first-order valence-electron chi connectivity index (χ1n) is 9.64. The minimum Gasteiger partial charge on any atom is -0.486 e. The van der Waals surface area contributed by atoms with Gasteiger partial charge in [-0.05, 0) is 42.0 Å². The normalized spacial score (nSPS) is 10.8. The highest BCUT2D eigenvalue weighted by molar-refractivity contribution is 7.99. The number of hydrogen-bond acceptors (Lipinski definition) is 6. The fourth-order valence-corrected chi connectivity index (χ4v) is 3.82. The monoisotopic (exact) mass is 419 g/mol. The Morgan fingerprint density at radius 2 is 1.73 bits per heavy atom. The number of para-hydroxylation sites is 1. The molecule has 0 saturated heterocycles. The fourth-order valence-electron chi connectivity index (χ4n) is 3.05. The Kier molecular flexibility index (Phi) is 6.29. The summed E-state index contributed by atoms with van der Waals surface area (Å²) in [5, 5.41) is 11.5. The number of hydrogen-bond donors (Lipinski definition) is 0. The van der Waals surface area contributed by atoms with Crippen molar-refractivity contribution in [1.29, 1.82) is 0 Å². The quantitative estimate of drug-likeness (QED) is 0.306. The van der Waals surface area contributed by atoms with E-state index in [1.807, 2.05) is 65.2 Å². The summed E-state index contributed by atoms with van der Waals surface area (Å²) in [7, 11) is 0.